The maximum absolute atomic E-state index is 14.9. The largest absolute Gasteiger partial charge is 0.471 e. The van der Waals surface area contributed by atoms with E-state index in [1.165, 1.54) is 16.7 Å². The van der Waals surface area contributed by atoms with Crippen molar-refractivity contribution < 1.29 is 50.6 Å². The van der Waals surface area contributed by atoms with Crippen molar-refractivity contribution in [2.24, 2.45) is 17.8 Å². The minimum atomic E-state index is -4.08. The zero-order chi connectivity index (χ0) is 44.0. The molecule has 7 unspecified atom stereocenters. The Hall–Kier alpha value is -4.65. The number of hydrogen-bond donors (Lipinski definition) is 3. The van der Waals surface area contributed by atoms with Crippen LogP contribution < -0.4 is 25.7 Å². The number of allylic oxidation sites excluding steroid dienone is 1. The molecule has 19 heteroatoms. The van der Waals surface area contributed by atoms with Gasteiger partial charge < -0.3 is 29.7 Å². The van der Waals surface area contributed by atoms with Crippen LogP contribution in [0.3, 0.4) is 0 Å². The predicted molar refractivity (Wildman–Crippen MR) is 216 cm³/mol. The molecule has 7 atom stereocenters. The lowest BCUT2D eigenvalue weighted by molar-refractivity contribution is -0.152. The SMILES string of the molecule is COCCn1nc(OC2CC3C(=O)NC4(C(=O)NS(=O)(=O)C5(C)CC5)CC4C=CCCC(C)CC(C)C(NC(=O)OC(C)(C)C(C)(F)F)C(=O)N3C2)c2ccccc2c1=O. The number of sulfonamides is 1. The summed E-state index contributed by atoms with van der Waals surface area (Å²) in [4.78, 5) is 71.3. The number of halogens is 2. The Morgan fingerprint density at radius 2 is 1.75 bits per heavy atom. The van der Waals surface area contributed by atoms with Crippen LogP contribution in [0.15, 0.2) is 41.2 Å². The molecule has 0 spiro atoms. The normalized spacial score (nSPS) is 28.4. The number of alkyl carbamates (subject to hydrolysis) is 1. The minimum Gasteiger partial charge on any atom is -0.471 e. The topological polar surface area (TPSA) is 204 Å². The van der Waals surface area contributed by atoms with Gasteiger partial charge in [0, 0.05) is 26.4 Å². The van der Waals surface area contributed by atoms with E-state index in [1.807, 2.05) is 13.0 Å². The first kappa shape index (κ1) is 44.9. The lowest BCUT2D eigenvalue weighted by atomic mass is 9.88. The third-order valence-electron chi connectivity index (χ3n) is 12.5. The Kier molecular flexibility index (Phi) is 12.5. The van der Waals surface area contributed by atoms with Gasteiger partial charge in [-0.15, -0.1) is 5.10 Å². The molecule has 16 nitrogen and oxygen atoms in total. The van der Waals surface area contributed by atoms with Crippen molar-refractivity contribution in [3.8, 4) is 5.88 Å². The highest BCUT2D eigenvalue weighted by Gasteiger charge is 2.63. The molecule has 0 bridgehead atoms. The maximum atomic E-state index is 14.9. The van der Waals surface area contributed by atoms with E-state index in [1.54, 1.807) is 44.2 Å². The summed E-state index contributed by atoms with van der Waals surface area (Å²) in [5.41, 5.74) is -4.27. The number of methoxy groups -OCH3 is 1. The standard InChI is InChI=1S/C41H56F2N6O10S/c1-24-12-8-9-13-26-22-41(26,36(53)47-60(55,56)39(5)16-17-39)45-32(50)30-21-27(58-33-28-14-10-11-15-29(28)34(51)49(46-33)18-19-57-7)23-48(30)35(52)31(25(2)20-24)44-37(54)59-38(3,4)40(6,42)43/h9-11,13-15,24-27,30-31H,8,12,16-23H2,1-7H3,(H,44,54)(H,45,50)(H,47,53). The number of alkyl halides is 2. The van der Waals surface area contributed by atoms with Crippen molar-refractivity contribution in [3.05, 3.63) is 46.8 Å². The summed E-state index contributed by atoms with van der Waals surface area (Å²) in [6.07, 6.45) is 3.83. The molecule has 2 aliphatic carbocycles. The zero-order valence-corrected chi connectivity index (χ0v) is 35.9. The Bertz CT molecular complexity index is 2210. The van der Waals surface area contributed by atoms with Gasteiger partial charge in [0.25, 0.3) is 17.4 Å². The van der Waals surface area contributed by atoms with Gasteiger partial charge in [-0.25, -0.2) is 26.7 Å². The molecule has 60 heavy (non-hydrogen) atoms. The number of fused-ring (bicyclic) bond motifs is 3. The molecule has 3 fully saturated rings. The minimum absolute atomic E-state index is 0.00522. The summed E-state index contributed by atoms with van der Waals surface area (Å²) < 4.78 is 74.4. The Labute approximate surface area is 348 Å². The number of amides is 4. The third kappa shape index (κ3) is 9.16. The second-order valence-corrected chi connectivity index (χ2v) is 19.9. The molecular weight excluding hydrogens is 807 g/mol. The fraction of sp³-hybridized carbons (Fsp3) is 0.659. The van der Waals surface area contributed by atoms with E-state index in [0.29, 0.717) is 49.8 Å². The monoisotopic (exact) mass is 862 g/mol. The first-order valence-electron chi connectivity index (χ1n) is 20.4. The summed E-state index contributed by atoms with van der Waals surface area (Å²) in [6, 6.07) is 3.98. The average Bonchev–Trinajstić information content (AvgIpc) is 4.05. The number of rotatable bonds is 11. The molecule has 2 saturated carbocycles. The Morgan fingerprint density at radius 1 is 1.07 bits per heavy atom. The van der Waals surface area contributed by atoms with Gasteiger partial charge in [0.05, 0.1) is 35.2 Å². The predicted octanol–water partition coefficient (Wildman–Crippen LogP) is 3.81. The number of hydrogen-bond acceptors (Lipinski definition) is 11. The number of ether oxygens (including phenoxy) is 3. The van der Waals surface area contributed by atoms with Crippen LogP contribution in [-0.2, 0) is 40.4 Å². The van der Waals surface area contributed by atoms with Gasteiger partial charge in [0.15, 0.2) is 5.60 Å². The van der Waals surface area contributed by atoms with Gasteiger partial charge in [-0.3, -0.25) is 23.9 Å². The first-order valence-corrected chi connectivity index (χ1v) is 21.9. The lowest BCUT2D eigenvalue weighted by Crippen LogP contribution is -2.59. The molecule has 3 N–H and O–H groups in total. The smallest absolute Gasteiger partial charge is 0.408 e. The van der Waals surface area contributed by atoms with Crippen LogP contribution in [0.4, 0.5) is 13.6 Å². The van der Waals surface area contributed by atoms with Crippen LogP contribution in [0.25, 0.3) is 10.8 Å². The fourth-order valence-corrected chi connectivity index (χ4v) is 9.17. The van der Waals surface area contributed by atoms with Crippen molar-refractivity contribution in [2.75, 3.05) is 20.3 Å². The summed E-state index contributed by atoms with van der Waals surface area (Å²) in [5.74, 6) is -6.92. The van der Waals surface area contributed by atoms with Gasteiger partial charge in [0.1, 0.15) is 23.7 Å². The molecule has 0 radical (unpaired) electrons. The number of carbonyl (C=O) groups excluding carboxylic acids is 4. The van der Waals surface area contributed by atoms with Crippen LogP contribution in [0.5, 0.6) is 5.88 Å². The number of aromatic nitrogens is 2. The van der Waals surface area contributed by atoms with Gasteiger partial charge in [-0.2, -0.15) is 0 Å². The highest BCUT2D eigenvalue weighted by molar-refractivity contribution is 7.91. The molecule has 6 rings (SSSR count). The lowest BCUT2D eigenvalue weighted by Gasteiger charge is -2.35. The van der Waals surface area contributed by atoms with Crippen molar-refractivity contribution in [2.45, 2.75) is 133 Å². The second kappa shape index (κ2) is 16.7. The number of nitrogens with one attached hydrogen (secondary N) is 3. The van der Waals surface area contributed by atoms with E-state index in [2.05, 4.69) is 20.5 Å². The number of nitrogens with zero attached hydrogens (tertiary/aromatic N) is 3. The van der Waals surface area contributed by atoms with E-state index >= 15 is 0 Å². The summed E-state index contributed by atoms with van der Waals surface area (Å²) in [5, 5.41) is 10.5. The van der Waals surface area contributed by atoms with Gasteiger partial charge in [-0.05, 0) is 83.3 Å². The molecular formula is C41H56F2N6O10S. The Balaban J connectivity index is 1.38. The van der Waals surface area contributed by atoms with Crippen LogP contribution in [0.1, 0.15) is 86.5 Å². The highest BCUT2D eigenvalue weighted by Crippen LogP contribution is 2.47. The van der Waals surface area contributed by atoms with Gasteiger partial charge >= 0.3 is 6.09 Å². The van der Waals surface area contributed by atoms with Crippen LogP contribution in [-0.4, -0.2) is 107 Å². The van der Waals surface area contributed by atoms with Crippen molar-refractivity contribution in [1.82, 2.24) is 30.0 Å². The maximum Gasteiger partial charge on any atom is 0.408 e. The molecule has 1 aromatic heterocycles. The van der Waals surface area contributed by atoms with Crippen LogP contribution in [0, 0.1) is 17.8 Å². The van der Waals surface area contributed by atoms with Crippen LogP contribution in [0.2, 0.25) is 0 Å². The first-order chi connectivity index (χ1) is 28.0. The molecule has 2 aliphatic heterocycles. The van der Waals surface area contributed by atoms with Crippen molar-refractivity contribution in [3.63, 3.8) is 0 Å². The molecule has 330 valence electrons. The molecule has 4 amide bonds. The van der Waals surface area contributed by atoms with Gasteiger partial charge in [0.2, 0.25) is 27.7 Å². The molecule has 1 aromatic carbocycles. The van der Waals surface area contributed by atoms with E-state index in [4.69, 9.17) is 14.2 Å². The molecule has 1 saturated heterocycles. The number of benzene rings is 1. The summed E-state index contributed by atoms with van der Waals surface area (Å²) in [6.45, 7) is 8.01. The van der Waals surface area contributed by atoms with E-state index in [-0.39, 0.29) is 49.9 Å². The average molecular weight is 863 g/mol. The third-order valence-corrected chi connectivity index (χ3v) is 14.7. The Morgan fingerprint density at radius 3 is 2.40 bits per heavy atom. The molecule has 4 aliphatic rings. The number of carbonyl (C=O) groups is 4. The van der Waals surface area contributed by atoms with Crippen molar-refractivity contribution >= 4 is 44.6 Å². The van der Waals surface area contributed by atoms with Crippen LogP contribution >= 0.6 is 0 Å². The zero-order valence-electron chi connectivity index (χ0n) is 35.1. The van der Waals surface area contributed by atoms with E-state index in [0.717, 1.165) is 13.8 Å². The molecule has 3 heterocycles. The summed E-state index contributed by atoms with van der Waals surface area (Å²) in [7, 11) is -2.60. The van der Waals surface area contributed by atoms with E-state index < -0.39 is 85.7 Å². The van der Waals surface area contributed by atoms with Gasteiger partial charge in [-0.1, -0.05) is 38.1 Å². The quantitative estimate of drug-likeness (QED) is 0.277. The highest BCUT2D eigenvalue weighted by atomic mass is 32.2. The van der Waals surface area contributed by atoms with Crippen molar-refractivity contribution in [1.29, 1.82) is 0 Å². The summed E-state index contributed by atoms with van der Waals surface area (Å²) >= 11 is 0. The van der Waals surface area contributed by atoms with E-state index in [9.17, 15) is 41.2 Å². The second-order valence-electron chi connectivity index (χ2n) is 17.7. The molecule has 2 aromatic rings. The fourth-order valence-electron chi connectivity index (χ4n) is 7.85.